The molecule has 0 saturated carbocycles. The number of hydrogen-bond donors (Lipinski definition) is 1. The summed E-state index contributed by atoms with van der Waals surface area (Å²) >= 11 is 0. The Bertz CT molecular complexity index is 760. The fourth-order valence-electron chi connectivity index (χ4n) is 2.61. The highest BCUT2D eigenvalue weighted by Crippen LogP contribution is 2.35. The topological polar surface area (TPSA) is 64.1 Å². The summed E-state index contributed by atoms with van der Waals surface area (Å²) in [5.41, 5.74) is 3.21. The van der Waals surface area contributed by atoms with Crippen molar-refractivity contribution in [1.82, 2.24) is 10.1 Å². The first kappa shape index (κ1) is 11.3. The second-order valence-corrected chi connectivity index (χ2v) is 4.87. The van der Waals surface area contributed by atoms with E-state index in [1.807, 2.05) is 25.1 Å². The molecule has 20 heavy (non-hydrogen) atoms. The minimum absolute atomic E-state index is 0.111. The number of furan rings is 1. The van der Waals surface area contributed by atoms with Crippen LogP contribution in [0.1, 0.15) is 23.1 Å². The molecule has 1 aromatic carbocycles. The van der Waals surface area contributed by atoms with Crippen molar-refractivity contribution in [2.75, 3.05) is 11.9 Å². The lowest BCUT2D eigenvalue weighted by molar-refractivity contribution is 0.370. The Kier molecular flexibility index (Phi) is 2.39. The van der Waals surface area contributed by atoms with Gasteiger partial charge in [0.15, 0.2) is 0 Å². The monoisotopic (exact) mass is 267 g/mol. The Morgan fingerprint density at radius 3 is 3.00 bits per heavy atom. The van der Waals surface area contributed by atoms with Crippen LogP contribution in [0.5, 0.6) is 0 Å². The molecule has 4 rings (SSSR count). The van der Waals surface area contributed by atoms with Crippen LogP contribution in [0, 0.1) is 6.92 Å². The van der Waals surface area contributed by atoms with Crippen LogP contribution in [0.3, 0.4) is 0 Å². The zero-order valence-electron chi connectivity index (χ0n) is 11.0. The van der Waals surface area contributed by atoms with Gasteiger partial charge in [0.05, 0.1) is 17.7 Å². The van der Waals surface area contributed by atoms with Crippen molar-refractivity contribution in [3.05, 3.63) is 53.8 Å². The second kappa shape index (κ2) is 4.23. The van der Waals surface area contributed by atoms with Gasteiger partial charge in [-0.15, -0.1) is 0 Å². The molecule has 1 aliphatic rings. The molecule has 0 fully saturated rings. The first-order valence-corrected chi connectivity index (χ1v) is 6.54. The maximum absolute atomic E-state index is 5.44. The van der Waals surface area contributed by atoms with Crippen molar-refractivity contribution in [2.45, 2.75) is 12.8 Å². The highest BCUT2D eigenvalue weighted by Gasteiger charge is 2.28. The van der Waals surface area contributed by atoms with Crippen LogP contribution in [-0.4, -0.2) is 16.7 Å². The van der Waals surface area contributed by atoms with Crippen LogP contribution in [0.2, 0.25) is 0 Å². The maximum Gasteiger partial charge on any atom is 0.236 e. The maximum atomic E-state index is 5.44. The van der Waals surface area contributed by atoms with Gasteiger partial charge in [-0.05, 0) is 24.6 Å². The molecule has 0 saturated heterocycles. The molecule has 5 nitrogen and oxygen atoms in total. The van der Waals surface area contributed by atoms with E-state index in [0.717, 1.165) is 23.6 Å². The number of nitrogens with zero attached hydrogens (tertiary/aromatic N) is 2. The average Bonchev–Trinajstić information content (AvgIpc) is 3.15. The lowest BCUT2D eigenvalue weighted by atomic mass is 10.0. The van der Waals surface area contributed by atoms with Gasteiger partial charge in [0.25, 0.3) is 0 Å². The van der Waals surface area contributed by atoms with Gasteiger partial charge < -0.3 is 14.3 Å². The van der Waals surface area contributed by atoms with Crippen LogP contribution >= 0.6 is 0 Å². The summed E-state index contributed by atoms with van der Waals surface area (Å²) in [7, 11) is 0. The molecule has 1 atom stereocenters. The van der Waals surface area contributed by atoms with Gasteiger partial charge in [-0.1, -0.05) is 23.4 Å². The van der Waals surface area contributed by atoms with Crippen LogP contribution in [0.15, 0.2) is 45.5 Å². The van der Waals surface area contributed by atoms with Crippen molar-refractivity contribution in [1.29, 1.82) is 0 Å². The van der Waals surface area contributed by atoms with Crippen molar-refractivity contribution < 1.29 is 8.94 Å². The summed E-state index contributed by atoms with van der Waals surface area (Å²) in [6.07, 6.45) is 1.63. The molecule has 1 N–H and O–H groups in total. The minimum atomic E-state index is 0.111. The zero-order chi connectivity index (χ0) is 13.5. The molecule has 0 amide bonds. The van der Waals surface area contributed by atoms with E-state index in [1.165, 1.54) is 5.56 Å². The number of rotatable bonds is 2. The molecule has 100 valence electrons. The van der Waals surface area contributed by atoms with E-state index in [1.54, 1.807) is 6.26 Å². The summed E-state index contributed by atoms with van der Waals surface area (Å²) in [6, 6.07) is 10.0. The lowest BCUT2D eigenvalue weighted by Gasteiger charge is -2.02. The number of para-hydroxylation sites is 1. The number of aryl methyl sites for hydroxylation is 1. The van der Waals surface area contributed by atoms with Crippen molar-refractivity contribution in [3.63, 3.8) is 0 Å². The fraction of sp³-hybridized carbons (Fsp3) is 0.200. The number of anilines is 1. The summed E-state index contributed by atoms with van der Waals surface area (Å²) in [6.45, 7) is 2.67. The van der Waals surface area contributed by atoms with E-state index in [2.05, 4.69) is 27.6 Å². The fourth-order valence-corrected chi connectivity index (χ4v) is 2.61. The standard InChI is InChI=1S/C15H13N3O2/c1-9-10(6-7-19-9)14-17-15(20-18-14)12-8-16-13-5-3-2-4-11(12)13/h2-7,12,16H,8H2,1H3. The zero-order valence-corrected chi connectivity index (χ0v) is 11.0. The summed E-state index contributed by atoms with van der Waals surface area (Å²) in [5.74, 6) is 2.12. The predicted octanol–water partition coefficient (Wildman–Crippen LogP) is 3.20. The van der Waals surface area contributed by atoms with Crippen molar-refractivity contribution in [3.8, 4) is 11.4 Å². The minimum Gasteiger partial charge on any atom is -0.469 e. The van der Waals surface area contributed by atoms with Crippen LogP contribution < -0.4 is 5.32 Å². The molecule has 0 aliphatic carbocycles. The van der Waals surface area contributed by atoms with Gasteiger partial charge >= 0.3 is 0 Å². The third-order valence-electron chi connectivity index (χ3n) is 3.67. The van der Waals surface area contributed by atoms with E-state index >= 15 is 0 Å². The molecular formula is C15H13N3O2. The number of benzene rings is 1. The second-order valence-electron chi connectivity index (χ2n) is 4.87. The van der Waals surface area contributed by atoms with Crippen LogP contribution in [-0.2, 0) is 0 Å². The predicted molar refractivity (Wildman–Crippen MR) is 73.5 cm³/mol. The van der Waals surface area contributed by atoms with Gasteiger partial charge in [-0.2, -0.15) is 4.98 Å². The molecule has 1 unspecified atom stereocenters. The molecule has 3 heterocycles. The van der Waals surface area contributed by atoms with E-state index < -0.39 is 0 Å². The third kappa shape index (κ3) is 1.63. The Hall–Kier alpha value is -2.56. The number of fused-ring (bicyclic) bond motifs is 1. The lowest BCUT2D eigenvalue weighted by Crippen LogP contribution is -2.04. The molecule has 0 radical (unpaired) electrons. The molecule has 0 bridgehead atoms. The Morgan fingerprint density at radius 1 is 1.25 bits per heavy atom. The quantitative estimate of drug-likeness (QED) is 0.772. The first-order valence-electron chi connectivity index (χ1n) is 6.54. The van der Waals surface area contributed by atoms with E-state index in [-0.39, 0.29) is 5.92 Å². The molecule has 3 aromatic rings. The number of hydrogen-bond acceptors (Lipinski definition) is 5. The molecule has 5 heteroatoms. The van der Waals surface area contributed by atoms with Gasteiger partial charge in [-0.25, -0.2) is 0 Å². The molecule has 0 spiro atoms. The molecule has 1 aliphatic heterocycles. The van der Waals surface area contributed by atoms with E-state index in [9.17, 15) is 0 Å². The molecular weight excluding hydrogens is 254 g/mol. The Balaban J connectivity index is 1.72. The summed E-state index contributed by atoms with van der Waals surface area (Å²) in [5, 5.41) is 7.42. The van der Waals surface area contributed by atoms with E-state index in [4.69, 9.17) is 8.94 Å². The van der Waals surface area contributed by atoms with E-state index in [0.29, 0.717) is 11.7 Å². The van der Waals surface area contributed by atoms with Crippen LogP contribution in [0.4, 0.5) is 5.69 Å². The highest BCUT2D eigenvalue weighted by atomic mass is 16.5. The number of aromatic nitrogens is 2. The smallest absolute Gasteiger partial charge is 0.236 e. The summed E-state index contributed by atoms with van der Waals surface area (Å²) < 4.78 is 10.7. The van der Waals surface area contributed by atoms with Crippen molar-refractivity contribution in [2.24, 2.45) is 0 Å². The normalized spacial score (nSPS) is 16.9. The van der Waals surface area contributed by atoms with Gasteiger partial charge in [-0.3, -0.25) is 0 Å². The van der Waals surface area contributed by atoms with Crippen molar-refractivity contribution >= 4 is 5.69 Å². The van der Waals surface area contributed by atoms with Gasteiger partial charge in [0.1, 0.15) is 5.76 Å². The summed E-state index contributed by atoms with van der Waals surface area (Å²) in [4.78, 5) is 4.52. The van der Waals surface area contributed by atoms with Crippen LogP contribution in [0.25, 0.3) is 11.4 Å². The Morgan fingerprint density at radius 2 is 2.15 bits per heavy atom. The van der Waals surface area contributed by atoms with Gasteiger partial charge in [0.2, 0.25) is 11.7 Å². The first-order chi connectivity index (χ1) is 9.83. The van der Waals surface area contributed by atoms with Gasteiger partial charge in [0, 0.05) is 12.2 Å². The Labute approximate surface area is 115 Å². The largest absolute Gasteiger partial charge is 0.469 e. The average molecular weight is 267 g/mol. The SMILES string of the molecule is Cc1occc1-c1noc(C2CNc3ccccc32)n1. The third-order valence-corrected chi connectivity index (χ3v) is 3.67. The molecule has 2 aromatic heterocycles. The number of nitrogens with one attached hydrogen (secondary N) is 1. The highest BCUT2D eigenvalue weighted by molar-refractivity contribution is 5.60.